The van der Waals surface area contributed by atoms with Crippen molar-refractivity contribution in [2.45, 2.75) is 45.2 Å². The van der Waals surface area contributed by atoms with Gasteiger partial charge in [0.2, 0.25) is 0 Å². The van der Waals surface area contributed by atoms with E-state index < -0.39 is 0 Å². The predicted octanol–water partition coefficient (Wildman–Crippen LogP) is 3.26. The van der Waals surface area contributed by atoms with Gasteiger partial charge in [-0.25, -0.2) is 0 Å². The molecule has 0 radical (unpaired) electrons. The third-order valence-electron chi connectivity index (χ3n) is 4.25. The third kappa shape index (κ3) is 4.44. The van der Waals surface area contributed by atoms with E-state index in [9.17, 15) is 0 Å². The first-order valence-electron chi connectivity index (χ1n) is 8.00. The summed E-state index contributed by atoms with van der Waals surface area (Å²) in [4.78, 5) is 5.02. The number of nitrogens with zero attached hydrogens (tertiary/aromatic N) is 2. The molecule has 21 heavy (non-hydrogen) atoms. The highest BCUT2D eigenvalue weighted by Gasteiger charge is 2.23. The molecule has 1 aliphatic heterocycles. The minimum Gasteiger partial charge on any atom is -0.366 e. The molecule has 2 unspecified atom stereocenters. The van der Waals surface area contributed by atoms with Gasteiger partial charge in [0.05, 0.1) is 5.69 Å². The number of benzene rings is 1. The van der Waals surface area contributed by atoms with Gasteiger partial charge in [-0.15, -0.1) is 0 Å². The van der Waals surface area contributed by atoms with Gasteiger partial charge in [-0.2, -0.15) is 0 Å². The number of anilines is 1. The molecule has 0 bridgehead atoms. The highest BCUT2D eigenvalue weighted by molar-refractivity contribution is 9.10. The molecule has 1 aliphatic rings. The molecule has 3 nitrogen and oxygen atoms in total. The van der Waals surface area contributed by atoms with Crippen molar-refractivity contribution < 1.29 is 0 Å². The summed E-state index contributed by atoms with van der Waals surface area (Å²) in [6.07, 6.45) is 3.33. The number of rotatable bonds is 4. The van der Waals surface area contributed by atoms with Crippen LogP contribution in [0.3, 0.4) is 0 Å². The van der Waals surface area contributed by atoms with Crippen LogP contribution in [0.15, 0.2) is 22.7 Å². The number of nitrogens with two attached hydrogens (primary N) is 1. The van der Waals surface area contributed by atoms with Crippen LogP contribution < -0.4 is 10.6 Å². The van der Waals surface area contributed by atoms with Crippen LogP contribution in [0, 0.1) is 0 Å². The van der Waals surface area contributed by atoms with Crippen LogP contribution in [0.1, 0.15) is 32.3 Å². The van der Waals surface area contributed by atoms with Crippen LogP contribution in [-0.4, -0.2) is 43.7 Å². The summed E-state index contributed by atoms with van der Waals surface area (Å²) >= 11 is 3.77. The molecule has 1 heterocycles. The summed E-state index contributed by atoms with van der Waals surface area (Å²) in [5, 5.41) is 0. The van der Waals surface area contributed by atoms with Crippen molar-refractivity contribution in [2.24, 2.45) is 5.73 Å². The van der Waals surface area contributed by atoms with Gasteiger partial charge in [-0.1, -0.05) is 13.0 Å². The zero-order valence-corrected chi connectivity index (χ0v) is 15.1. The lowest BCUT2D eigenvalue weighted by Crippen LogP contribution is -2.40. The molecule has 2 N–H and O–H groups in total. The van der Waals surface area contributed by atoms with E-state index in [0.717, 1.165) is 19.5 Å². The van der Waals surface area contributed by atoms with Gasteiger partial charge in [-0.3, -0.25) is 0 Å². The lowest BCUT2D eigenvalue weighted by molar-refractivity contribution is 0.328. The van der Waals surface area contributed by atoms with Crippen molar-refractivity contribution in [1.29, 1.82) is 0 Å². The molecular formula is C17H28BrN3. The Morgan fingerprint density at radius 2 is 2.14 bits per heavy atom. The average Bonchev–Trinajstić information content (AvgIpc) is 2.59. The molecule has 0 amide bonds. The van der Waals surface area contributed by atoms with E-state index in [-0.39, 0.29) is 6.04 Å². The van der Waals surface area contributed by atoms with Crippen molar-refractivity contribution in [3.05, 3.63) is 28.2 Å². The first-order valence-corrected chi connectivity index (χ1v) is 8.79. The monoisotopic (exact) mass is 353 g/mol. The van der Waals surface area contributed by atoms with E-state index in [4.69, 9.17) is 5.73 Å². The smallest absolute Gasteiger partial charge is 0.0513 e. The van der Waals surface area contributed by atoms with Gasteiger partial charge in [0.15, 0.2) is 0 Å². The first kappa shape index (κ1) is 16.8. The third-order valence-corrected chi connectivity index (χ3v) is 4.89. The maximum Gasteiger partial charge on any atom is 0.0513 e. The zero-order valence-electron chi connectivity index (χ0n) is 13.5. The second kappa shape index (κ2) is 7.61. The lowest BCUT2D eigenvalue weighted by atomic mass is 10.1. The molecule has 0 aliphatic carbocycles. The number of hydrogen-bond acceptors (Lipinski definition) is 3. The topological polar surface area (TPSA) is 32.5 Å². The van der Waals surface area contributed by atoms with Crippen LogP contribution in [0.2, 0.25) is 0 Å². The Hall–Kier alpha value is -0.580. The maximum atomic E-state index is 5.90. The van der Waals surface area contributed by atoms with E-state index in [1.54, 1.807) is 0 Å². The number of likely N-dealkylation sites (N-methyl/N-ethyl adjacent to an activating group) is 1. The molecular weight excluding hydrogens is 326 g/mol. The van der Waals surface area contributed by atoms with Gasteiger partial charge >= 0.3 is 0 Å². The normalized spacial score (nSPS) is 22.1. The Kier molecular flexibility index (Phi) is 6.08. The van der Waals surface area contributed by atoms with Crippen LogP contribution in [0.4, 0.5) is 5.69 Å². The Morgan fingerprint density at radius 3 is 2.76 bits per heavy atom. The molecule has 4 heteroatoms. The van der Waals surface area contributed by atoms with Crippen molar-refractivity contribution in [1.82, 2.24) is 4.90 Å². The molecule has 0 saturated carbocycles. The highest BCUT2D eigenvalue weighted by Crippen LogP contribution is 2.31. The molecule has 1 fully saturated rings. The fourth-order valence-corrected chi connectivity index (χ4v) is 3.85. The van der Waals surface area contributed by atoms with Gasteiger partial charge in [0.1, 0.15) is 0 Å². The van der Waals surface area contributed by atoms with Crippen LogP contribution >= 0.6 is 15.9 Å². The standard InChI is InChI=1S/C17H28BrN3/c1-4-15-12-20(3)8-5-9-21(15)17-7-6-14(10-13(2)19)11-16(17)18/h6-7,11,13,15H,4-5,8-10,12,19H2,1-3H3. The second-order valence-corrected chi connectivity index (χ2v) is 7.19. The van der Waals surface area contributed by atoms with Crippen molar-refractivity contribution in [3.63, 3.8) is 0 Å². The van der Waals surface area contributed by atoms with E-state index >= 15 is 0 Å². The Labute approximate surface area is 137 Å². The fraction of sp³-hybridized carbons (Fsp3) is 0.647. The Balaban J connectivity index is 2.22. The summed E-state index contributed by atoms with van der Waals surface area (Å²) < 4.78 is 1.20. The Morgan fingerprint density at radius 1 is 1.38 bits per heavy atom. The quantitative estimate of drug-likeness (QED) is 0.901. The average molecular weight is 354 g/mol. The zero-order chi connectivity index (χ0) is 15.4. The van der Waals surface area contributed by atoms with Crippen molar-refractivity contribution >= 4 is 21.6 Å². The summed E-state index contributed by atoms with van der Waals surface area (Å²) in [7, 11) is 2.23. The van der Waals surface area contributed by atoms with Gasteiger partial charge in [0.25, 0.3) is 0 Å². The summed E-state index contributed by atoms with van der Waals surface area (Å²) in [6, 6.07) is 7.52. The fourth-order valence-electron chi connectivity index (χ4n) is 3.19. The largest absolute Gasteiger partial charge is 0.366 e. The molecule has 0 aromatic heterocycles. The molecule has 1 aromatic rings. The highest BCUT2D eigenvalue weighted by atomic mass is 79.9. The molecule has 1 saturated heterocycles. The number of hydrogen-bond donors (Lipinski definition) is 1. The van der Waals surface area contributed by atoms with Crippen molar-refractivity contribution in [3.8, 4) is 0 Å². The van der Waals surface area contributed by atoms with E-state index in [1.165, 1.54) is 35.1 Å². The number of halogens is 1. The Bertz CT molecular complexity index is 461. The summed E-state index contributed by atoms with van der Waals surface area (Å²) in [5.41, 5.74) is 8.53. The molecule has 118 valence electrons. The lowest BCUT2D eigenvalue weighted by Gasteiger charge is -2.33. The van der Waals surface area contributed by atoms with Gasteiger partial charge in [0, 0.05) is 29.6 Å². The molecule has 2 atom stereocenters. The van der Waals surface area contributed by atoms with Gasteiger partial charge < -0.3 is 15.5 Å². The first-order chi connectivity index (χ1) is 10.0. The van der Waals surface area contributed by atoms with Crippen LogP contribution in [-0.2, 0) is 6.42 Å². The minimum absolute atomic E-state index is 0.206. The maximum absolute atomic E-state index is 5.90. The van der Waals surface area contributed by atoms with E-state index in [2.05, 4.69) is 64.8 Å². The minimum atomic E-state index is 0.206. The van der Waals surface area contributed by atoms with E-state index in [1.807, 2.05) is 0 Å². The molecule has 2 rings (SSSR count). The molecule has 0 spiro atoms. The van der Waals surface area contributed by atoms with Crippen molar-refractivity contribution in [2.75, 3.05) is 31.6 Å². The SMILES string of the molecule is CCC1CN(C)CCCN1c1ccc(CC(C)N)cc1Br. The molecule has 1 aromatic carbocycles. The second-order valence-electron chi connectivity index (χ2n) is 6.34. The van der Waals surface area contributed by atoms with E-state index in [0.29, 0.717) is 6.04 Å². The summed E-state index contributed by atoms with van der Waals surface area (Å²) in [5.74, 6) is 0. The van der Waals surface area contributed by atoms with Crippen LogP contribution in [0.5, 0.6) is 0 Å². The van der Waals surface area contributed by atoms with Crippen LogP contribution in [0.25, 0.3) is 0 Å². The predicted molar refractivity (Wildman–Crippen MR) is 95.0 cm³/mol. The summed E-state index contributed by atoms with van der Waals surface area (Å²) in [6.45, 7) is 7.81. The van der Waals surface area contributed by atoms with Gasteiger partial charge in [-0.05, 0) is 73.4 Å².